The number of methoxy groups -OCH3 is 2. The second-order valence-corrected chi connectivity index (χ2v) is 4.46. The Kier molecular flexibility index (Phi) is 4.37. The molecule has 110 valence electrons. The minimum Gasteiger partial charge on any atom is -0.497 e. The molecule has 0 fully saturated rings. The van der Waals surface area contributed by atoms with E-state index < -0.39 is 5.97 Å². The smallest absolute Gasteiger partial charge is 0.310 e. The number of hydrogen-bond donors (Lipinski definition) is 1. The van der Waals surface area contributed by atoms with Gasteiger partial charge in [0.25, 0.3) is 5.56 Å². The van der Waals surface area contributed by atoms with Gasteiger partial charge in [0.05, 0.1) is 20.6 Å². The fourth-order valence-corrected chi connectivity index (χ4v) is 1.92. The SMILES string of the molecule is COC(=O)Cc1c(C)nc(-c2ccc(OC)cc2)[nH]c1=O. The Hall–Kier alpha value is -2.63. The molecule has 21 heavy (non-hydrogen) atoms. The van der Waals surface area contributed by atoms with Crippen LogP contribution in [0.3, 0.4) is 0 Å². The van der Waals surface area contributed by atoms with Crippen LogP contribution in [0.4, 0.5) is 0 Å². The summed E-state index contributed by atoms with van der Waals surface area (Å²) in [5.74, 6) is 0.705. The van der Waals surface area contributed by atoms with Gasteiger partial charge in [0.1, 0.15) is 11.6 Å². The molecule has 0 aliphatic carbocycles. The summed E-state index contributed by atoms with van der Waals surface area (Å²) in [5, 5.41) is 0. The van der Waals surface area contributed by atoms with Crippen molar-refractivity contribution in [3.8, 4) is 17.1 Å². The van der Waals surface area contributed by atoms with Crippen LogP contribution >= 0.6 is 0 Å². The van der Waals surface area contributed by atoms with Crippen LogP contribution in [0.15, 0.2) is 29.1 Å². The molecule has 0 saturated carbocycles. The van der Waals surface area contributed by atoms with Crippen molar-refractivity contribution in [2.24, 2.45) is 0 Å². The van der Waals surface area contributed by atoms with Crippen LogP contribution in [0.1, 0.15) is 11.3 Å². The standard InChI is InChI=1S/C15H16N2O4/c1-9-12(8-13(18)21-3)15(19)17-14(16-9)10-4-6-11(20-2)7-5-10/h4-7H,8H2,1-3H3,(H,16,17,19). The number of hydrogen-bond acceptors (Lipinski definition) is 5. The zero-order chi connectivity index (χ0) is 15.4. The van der Waals surface area contributed by atoms with Gasteiger partial charge in [-0.05, 0) is 31.2 Å². The maximum absolute atomic E-state index is 12.1. The maximum Gasteiger partial charge on any atom is 0.310 e. The van der Waals surface area contributed by atoms with E-state index in [1.54, 1.807) is 38.3 Å². The van der Waals surface area contributed by atoms with Gasteiger partial charge in [0.15, 0.2) is 0 Å². The van der Waals surface area contributed by atoms with Crippen LogP contribution in [-0.2, 0) is 16.0 Å². The zero-order valence-corrected chi connectivity index (χ0v) is 12.1. The highest BCUT2D eigenvalue weighted by molar-refractivity contribution is 5.72. The highest BCUT2D eigenvalue weighted by Gasteiger charge is 2.13. The van der Waals surface area contributed by atoms with Crippen molar-refractivity contribution in [2.45, 2.75) is 13.3 Å². The van der Waals surface area contributed by atoms with E-state index >= 15 is 0 Å². The quantitative estimate of drug-likeness (QED) is 0.862. The van der Waals surface area contributed by atoms with Gasteiger partial charge in [0.2, 0.25) is 0 Å². The molecule has 6 nitrogen and oxygen atoms in total. The Balaban J connectivity index is 2.38. The fourth-order valence-electron chi connectivity index (χ4n) is 1.92. The first-order valence-electron chi connectivity index (χ1n) is 6.36. The van der Waals surface area contributed by atoms with E-state index in [4.69, 9.17) is 4.74 Å². The number of ether oxygens (including phenoxy) is 2. The maximum atomic E-state index is 12.1. The van der Waals surface area contributed by atoms with E-state index in [1.165, 1.54) is 7.11 Å². The molecular weight excluding hydrogens is 272 g/mol. The number of carbonyl (C=O) groups excluding carboxylic acids is 1. The summed E-state index contributed by atoms with van der Waals surface area (Å²) in [7, 11) is 2.87. The largest absolute Gasteiger partial charge is 0.497 e. The third-order valence-corrected chi connectivity index (χ3v) is 3.13. The molecule has 0 radical (unpaired) electrons. The molecular formula is C15H16N2O4. The minimum absolute atomic E-state index is 0.0897. The molecule has 0 saturated heterocycles. The molecule has 1 N–H and O–H groups in total. The van der Waals surface area contributed by atoms with Gasteiger partial charge in [-0.3, -0.25) is 9.59 Å². The number of nitrogens with one attached hydrogen (secondary N) is 1. The average molecular weight is 288 g/mol. The van der Waals surface area contributed by atoms with Crippen LogP contribution in [-0.4, -0.2) is 30.2 Å². The van der Waals surface area contributed by atoms with E-state index in [9.17, 15) is 9.59 Å². The summed E-state index contributed by atoms with van der Waals surface area (Å²) >= 11 is 0. The van der Waals surface area contributed by atoms with E-state index in [-0.39, 0.29) is 12.0 Å². The molecule has 0 unspecified atom stereocenters. The molecule has 1 aromatic carbocycles. The first kappa shape index (κ1) is 14.8. The van der Waals surface area contributed by atoms with Crippen LogP contribution in [0.25, 0.3) is 11.4 Å². The van der Waals surface area contributed by atoms with Crippen molar-refractivity contribution in [2.75, 3.05) is 14.2 Å². The van der Waals surface area contributed by atoms with E-state index in [0.29, 0.717) is 17.1 Å². The number of benzene rings is 1. The Morgan fingerprint density at radius 2 is 1.90 bits per heavy atom. The molecule has 2 rings (SSSR count). The molecule has 0 aliphatic heterocycles. The molecule has 0 amide bonds. The fraction of sp³-hybridized carbons (Fsp3) is 0.267. The van der Waals surface area contributed by atoms with Gasteiger partial charge < -0.3 is 14.5 Å². The summed E-state index contributed by atoms with van der Waals surface area (Å²) in [5.41, 5.74) is 1.26. The molecule has 6 heteroatoms. The Morgan fingerprint density at radius 3 is 2.43 bits per heavy atom. The monoisotopic (exact) mass is 288 g/mol. The number of aryl methyl sites for hydroxylation is 1. The zero-order valence-electron chi connectivity index (χ0n) is 12.1. The van der Waals surface area contributed by atoms with Crippen molar-refractivity contribution in [3.05, 3.63) is 45.9 Å². The Labute approximate surface area is 121 Å². The van der Waals surface area contributed by atoms with E-state index in [1.807, 2.05) is 0 Å². The third kappa shape index (κ3) is 3.28. The van der Waals surface area contributed by atoms with Crippen LogP contribution in [0.5, 0.6) is 5.75 Å². The highest BCUT2D eigenvalue weighted by Crippen LogP contribution is 2.19. The van der Waals surface area contributed by atoms with Gasteiger partial charge in [-0.15, -0.1) is 0 Å². The average Bonchev–Trinajstić information content (AvgIpc) is 2.50. The van der Waals surface area contributed by atoms with Gasteiger partial charge in [-0.25, -0.2) is 4.98 Å². The summed E-state index contributed by atoms with van der Waals surface area (Å²) in [4.78, 5) is 30.4. The van der Waals surface area contributed by atoms with Crippen LogP contribution in [0, 0.1) is 6.92 Å². The molecule has 0 atom stereocenters. The first-order valence-corrected chi connectivity index (χ1v) is 6.36. The normalized spacial score (nSPS) is 10.2. The van der Waals surface area contributed by atoms with E-state index in [0.717, 1.165) is 11.3 Å². The number of nitrogens with zero attached hydrogens (tertiary/aromatic N) is 1. The summed E-state index contributed by atoms with van der Waals surface area (Å²) < 4.78 is 9.66. The molecule has 0 bridgehead atoms. The van der Waals surface area contributed by atoms with Crippen molar-refractivity contribution >= 4 is 5.97 Å². The van der Waals surface area contributed by atoms with E-state index in [2.05, 4.69) is 14.7 Å². The van der Waals surface area contributed by atoms with Crippen molar-refractivity contribution in [3.63, 3.8) is 0 Å². The van der Waals surface area contributed by atoms with Gasteiger partial charge in [-0.2, -0.15) is 0 Å². The topological polar surface area (TPSA) is 81.3 Å². The molecule has 2 aromatic rings. The predicted molar refractivity (Wildman–Crippen MR) is 77.3 cm³/mol. The molecule has 1 heterocycles. The van der Waals surface area contributed by atoms with Crippen LogP contribution < -0.4 is 10.3 Å². The predicted octanol–water partition coefficient (Wildman–Crippen LogP) is 1.47. The Bertz CT molecular complexity index is 705. The molecule has 0 spiro atoms. The lowest BCUT2D eigenvalue weighted by Gasteiger charge is -2.07. The third-order valence-electron chi connectivity index (χ3n) is 3.13. The van der Waals surface area contributed by atoms with Crippen molar-refractivity contribution < 1.29 is 14.3 Å². The second-order valence-electron chi connectivity index (χ2n) is 4.46. The lowest BCUT2D eigenvalue weighted by atomic mass is 10.1. The van der Waals surface area contributed by atoms with Crippen LogP contribution in [0.2, 0.25) is 0 Å². The van der Waals surface area contributed by atoms with Crippen molar-refractivity contribution in [1.29, 1.82) is 0 Å². The first-order chi connectivity index (χ1) is 10.0. The Morgan fingerprint density at radius 1 is 1.24 bits per heavy atom. The number of esters is 1. The number of aromatic nitrogens is 2. The number of rotatable bonds is 4. The summed E-state index contributed by atoms with van der Waals surface area (Å²) in [6.45, 7) is 1.69. The number of H-pyrrole nitrogens is 1. The van der Waals surface area contributed by atoms with Gasteiger partial charge >= 0.3 is 5.97 Å². The number of aromatic amines is 1. The summed E-state index contributed by atoms with van der Waals surface area (Å²) in [6.07, 6.45) is -0.0897. The summed E-state index contributed by atoms with van der Waals surface area (Å²) in [6, 6.07) is 7.17. The molecule has 1 aromatic heterocycles. The van der Waals surface area contributed by atoms with Crippen molar-refractivity contribution in [1.82, 2.24) is 9.97 Å². The lowest BCUT2D eigenvalue weighted by Crippen LogP contribution is -2.21. The number of carbonyl (C=O) groups is 1. The molecule has 0 aliphatic rings. The lowest BCUT2D eigenvalue weighted by molar-refractivity contribution is -0.139. The van der Waals surface area contributed by atoms with Gasteiger partial charge in [0, 0.05) is 16.8 Å². The minimum atomic E-state index is -0.470. The highest BCUT2D eigenvalue weighted by atomic mass is 16.5. The second kappa shape index (κ2) is 6.21. The van der Waals surface area contributed by atoms with Gasteiger partial charge in [-0.1, -0.05) is 0 Å².